The number of nitrogens with zero attached hydrogens (tertiary/aromatic N) is 3. The van der Waals surface area contributed by atoms with Crippen LogP contribution in [0.1, 0.15) is 23.6 Å². The number of benzene rings is 1. The fourth-order valence-corrected chi connectivity index (χ4v) is 2.40. The number of guanidine groups is 1. The third kappa shape index (κ3) is 6.21. The molecule has 0 saturated heterocycles. The monoisotopic (exact) mass is 427 g/mol. The Labute approximate surface area is 155 Å². The molecule has 5 nitrogen and oxygen atoms in total. The highest BCUT2D eigenvalue weighted by Gasteiger charge is 2.02. The lowest BCUT2D eigenvalue weighted by Crippen LogP contribution is -2.38. The maximum Gasteiger partial charge on any atom is 0.191 e. The number of aromatic nitrogens is 2. The van der Waals surface area contributed by atoms with Crippen molar-refractivity contribution >= 4 is 29.9 Å². The van der Waals surface area contributed by atoms with Crippen LogP contribution in [0.2, 0.25) is 0 Å². The minimum absolute atomic E-state index is 0. The first-order valence-electron chi connectivity index (χ1n) is 7.71. The summed E-state index contributed by atoms with van der Waals surface area (Å²) < 4.78 is 1.82. The van der Waals surface area contributed by atoms with Gasteiger partial charge in [-0.25, -0.2) is 0 Å². The van der Waals surface area contributed by atoms with Gasteiger partial charge in [0.2, 0.25) is 0 Å². The van der Waals surface area contributed by atoms with Crippen LogP contribution in [0.3, 0.4) is 0 Å². The van der Waals surface area contributed by atoms with Crippen molar-refractivity contribution in [1.29, 1.82) is 0 Å². The summed E-state index contributed by atoms with van der Waals surface area (Å²) in [5.74, 6) is 0.829. The number of hydrogen-bond acceptors (Lipinski definition) is 2. The zero-order valence-corrected chi connectivity index (χ0v) is 16.4. The quantitative estimate of drug-likeness (QED) is 0.423. The van der Waals surface area contributed by atoms with Crippen LogP contribution in [0.5, 0.6) is 0 Å². The molecule has 0 fully saturated rings. The van der Waals surface area contributed by atoms with Crippen LogP contribution in [0.25, 0.3) is 0 Å². The second kappa shape index (κ2) is 10.3. The molecule has 0 bridgehead atoms. The van der Waals surface area contributed by atoms with Gasteiger partial charge in [0.1, 0.15) is 0 Å². The summed E-state index contributed by atoms with van der Waals surface area (Å²) in [6, 6.07) is 8.50. The van der Waals surface area contributed by atoms with Gasteiger partial charge in [-0.2, -0.15) is 5.10 Å². The minimum Gasteiger partial charge on any atom is -0.356 e. The van der Waals surface area contributed by atoms with Crippen molar-refractivity contribution in [3.8, 4) is 0 Å². The van der Waals surface area contributed by atoms with E-state index in [0.717, 1.165) is 31.9 Å². The molecular formula is C17H26IN5. The van der Waals surface area contributed by atoms with Crippen molar-refractivity contribution in [2.75, 3.05) is 13.6 Å². The van der Waals surface area contributed by atoms with E-state index in [0.29, 0.717) is 0 Å². The average Bonchev–Trinajstić information content (AvgIpc) is 2.96. The van der Waals surface area contributed by atoms with Crippen molar-refractivity contribution in [2.45, 2.75) is 26.3 Å². The Morgan fingerprint density at radius 3 is 2.57 bits per heavy atom. The molecule has 0 spiro atoms. The number of hydrogen-bond donors (Lipinski definition) is 2. The van der Waals surface area contributed by atoms with Gasteiger partial charge in [-0.15, -0.1) is 24.0 Å². The van der Waals surface area contributed by atoms with Crippen LogP contribution >= 0.6 is 24.0 Å². The van der Waals surface area contributed by atoms with Gasteiger partial charge in [-0.3, -0.25) is 9.67 Å². The summed E-state index contributed by atoms with van der Waals surface area (Å²) in [5.41, 5.74) is 3.92. The fourth-order valence-electron chi connectivity index (χ4n) is 2.40. The van der Waals surface area contributed by atoms with Crippen LogP contribution in [0.4, 0.5) is 0 Å². The smallest absolute Gasteiger partial charge is 0.191 e. The number of aryl methyl sites for hydroxylation is 2. The molecule has 1 aromatic carbocycles. The lowest BCUT2D eigenvalue weighted by Gasteiger charge is -2.13. The third-order valence-electron chi connectivity index (χ3n) is 3.63. The van der Waals surface area contributed by atoms with Gasteiger partial charge in [0, 0.05) is 33.4 Å². The van der Waals surface area contributed by atoms with Gasteiger partial charge < -0.3 is 10.6 Å². The highest BCUT2D eigenvalue weighted by Crippen LogP contribution is 2.08. The average molecular weight is 427 g/mol. The van der Waals surface area contributed by atoms with E-state index in [4.69, 9.17) is 0 Å². The maximum absolute atomic E-state index is 4.27. The number of aliphatic imine (C=N–C) groups is 1. The molecule has 1 heterocycles. The Kier molecular flexibility index (Phi) is 8.68. The molecule has 0 aliphatic heterocycles. The Morgan fingerprint density at radius 1 is 1.22 bits per heavy atom. The fraction of sp³-hybridized carbons (Fsp3) is 0.412. The van der Waals surface area contributed by atoms with Gasteiger partial charge >= 0.3 is 0 Å². The first-order valence-corrected chi connectivity index (χ1v) is 7.71. The van der Waals surface area contributed by atoms with Gasteiger partial charge in [0.05, 0.1) is 6.20 Å². The lowest BCUT2D eigenvalue weighted by molar-refractivity contribution is 0.764. The number of halogens is 1. The SMILES string of the molecule is CCc1ccccc1CNC(=NC)NCCc1cnn(C)c1.I. The van der Waals surface area contributed by atoms with Gasteiger partial charge in [0.15, 0.2) is 5.96 Å². The molecule has 126 valence electrons. The first-order chi connectivity index (χ1) is 10.7. The molecule has 0 unspecified atom stereocenters. The van der Waals surface area contributed by atoms with E-state index in [1.165, 1.54) is 16.7 Å². The van der Waals surface area contributed by atoms with Crippen LogP contribution < -0.4 is 10.6 Å². The Morgan fingerprint density at radius 2 is 1.96 bits per heavy atom. The highest BCUT2D eigenvalue weighted by atomic mass is 127. The van der Waals surface area contributed by atoms with Gasteiger partial charge in [0.25, 0.3) is 0 Å². The predicted octanol–water partition coefficient (Wildman–Crippen LogP) is 2.51. The van der Waals surface area contributed by atoms with Crippen LogP contribution in [0.15, 0.2) is 41.7 Å². The third-order valence-corrected chi connectivity index (χ3v) is 3.63. The summed E-state index contributed by atoms with van der Waals surface area (Å²) in [4.78, 5) is 4.27. The molecule has 0 radical (unpaired) electrons. The van der Waals surface area contributed by atoms with Crippen molar-refractivity contribution < 1.29 is 0 Å². The largest absolute Gasteiger partial charge is 0.356 e. The summed E-state index contributed by atoms with van der Waals surface area (Å²) >= 11 is 0. The maximum atomic E-state index is 4.27. The molecule has 2 rings (SSSR count). The highest BCUT2D eigenvalue weighted by molar-refractivity contribution is 14.0. The normalized spacial score (nSPS) is 11.0. The van der Waals surface area contributed by atoms with Crippen LogP contribution in [-0.2, 0) is 26.4 Å². The van der Waals surface area contributed by atoms with E-state index < -0.39 is 0 Å². The van der Waals surface area contributed by atoms with E-state index in [9.17, 15) is 0 Å². The van der Waals surface area contributed by atoms with E-state index in [-0.39, 0.29) is 24.0 Å². The standard InChI is InChI=1S/C17H25N5.HI/c1-4-15-7-5-6-8-16(15)12-20-17(18-2)19-10-9-14-11-21-22(3)13-14;/h5-8,11,13H,4,9-10,12H2,1-3H3,(H2,18,19,20);1H. The molecule has 2 N–H and O–H groups in total. The number of rotatable bonds is 6. The minimum atomic E-state index is 0. The Hall–Kier alpha value is -1.57. The van der Waals surface area contributed by atoms with Crippen LogP contribution in [0, 0.1) is 0 Å². The molecular weight excluding hydrogens is 401 g/mol. The summed E-state index contributed by atoms with van der Waals surface area (Å²) in [6.45, 7) is 3.80. The van der Waals surface area contributed by atoms with Gasteiger partial charge in [-0.1, -0.05) is 31.2 Å². The number of nitrogens with one attached hydrogen (secondary N) is 2. The van der Waals surface area contributed by atoms with Crippen molar-refractivity contribution in [3.63, 3.8) is 0 Å². The van der Waals surface area contributed by atoms with E-state index >= 15 is 0 Å². The molecule has 23 heavy (non-hydrogen) atoms. The molecule has 0 amide bonds. The zero-order valence-electron chi connectivity index (χ0n) is 14.0. The first kappa shape index (κ1) is 19.5. The summed E-state index contributed by atoms with van der Waals surface area (Å²) in [6.07, 6.45) is 5.91. The van der Waals surface area contributed by atoms with E-state index in [1.54, 1.807) is 7.05 Å². The second-order valence-electron chi connectivity index (χ2n) is 5.25. The van der Waals surface area contributed by atoms with Crippen LogP contribution in [-0.4, -0.2) is 29.3 Å². The Bertz CT molecular complexity index is 621. The molecule has 0 aliphatic carbocycles. The molecule has 1 aromatic heterocycles. The topological polar surface area (TPSA) is 54.2 Å². The van der Waals surface area contributed by atoms with Crippen molar-refractivity contribution in [3.05, 3.63) is 53.3 Å². The molecule has 0 atom stereocenters. The summed E-state index contributed by atoms with van der Waals surface area (Å²) in [5, 5.41) is 10.9. The molecule has 6 heteroatoms. The zero-order chi connectivity index (χ0) is 15.8. The van der Waals surface area contributed by atoms with E-state index in [2.05, 4.69) is 51.9 Å². The Balaban J connectivity index is 0.00000264. The second-order valence-corrected chi connectivity index (χ2v) is 5.25. The van der Waals surface area contributed by atoms with E-state index in [1.807, 2.05) is 24.1 Å². The van der Waals surface area contributed by atoms with Crippen molar-refractivity contribution in [2.24, 2.45) is 12.0 Å². The molecule has 0 saturated carbocycles. The molecule has 0 aliphatic rings. The van der Waals surface area contributed by atoms with Crippen molar-refractivity contribution in [1.82, 2.24) is 20.4 Å². The predicted molar refractivity (Wildman–Crippen MR) is 106 cm³/mol. The summed E-state index contributed by atoms with van der Waals surface area (Å²) in [7, 11) is 3.73. The lowest BCUT2D eigenvalue weighted by atomic mass is 10.1. The van der Waals surface area contributed by atoms with Gasteiger partial charge in [-0.05, 0) is 29.5 Å². The molecule has 2 aromatic rings.